The molecular formula is C20H20FN3O3S. The van der Waals surface area contributed by atoms with E-state index in [1.54, 1.807) is 30.2 Å². The number of rotatable bonds is 5. The molecule has 0 radical (unpaired) electrons. The zero-order valence-electron chi connectivity index (χ0n) is 15.4. The van der Waals surface area contributed by atoms with E-state index in [0.29, 0.717) is 37.7 Å². The van der Waals surface area contributed by atoms with Crippen LogP contribution in [0.3, 0.4) is 0 Å². The third-order valence-electron chi connectivity index (χ3n) is 4.66. The summed E-state index contributed by atoms with van der Waals surface area (Å²) in [5.74, 6) is 0.844. The molecule has 0 saturated carbocycles. The number of halogens is 1. The number of para-hydroxylation sites is 2. The van der Waals surface area contributed by atoms with Gasteiger partial charge in [0.1, 0.15) is 5.82 Å². The number of hydrogen-bond acceptors (Lipinski definition) is 6. The van der Waals surface area contributed by atoms with Crippen LogP contribution in [0.25, 0.3) is 10.2 Å². The second-order valence-electron chi connectivity index (χ2n) is 6.42. The second-order valence-corrected chi connectivity index (χ2v) is 7.42. The van der Waals surface area contributed by atoms with Crippen LogP contribution in [-0.2, 0) is 4.79 Å². The van der Waals surface area contributed by atoms with Crippen molar-refractivity contribution in [3.63, 3.8) is 0 Å². The number of anilines is 1. The molecule has 0 aliphatic carbocycles. The number of methoxy groups -OCH3 is 1. The summed E-state index contributed by atoms with van der Waals surface area (Å²) in [5.41, 5.74) is 0.796. The van der Waals surface area contributed by atoms with Gasteiger partial charge in [0.2, 0.25) is 0 Å². The van der Waals surface area contributed by atoms with E-state index in [-0.39, 0.29) is 18.3 Å². The van der Waals surface area contributed by atoms with Crippen molar-refractivity contribution in [2.45, 2.75) is 0 Å². The van der Waals surface area contributed by atoms with Gasteiger partial charge < -0.3 is 19.3 Å². The summed E-state index contributed by atoms with van der Waals surface area (Å²) in [6, 6.07) is 11.9. The molecule has 3 aromatic rings. The Morgan fingerprint density at radius 1 is 1.14 bits per heavy atom. The van der Waals surface area contributed by atoms with Gasteiger partial charge in [-0.1, -0.05) is 23.5 Å². The van der Waals surface area contributed by atoms with E-state index in [9.17, 15) is 9.18 Å². The summed E-state index contributed by atoms with van der Waals surface area (Å²) in [4.78, 5) is 21.0. The van der Waals surface area contributed by atoms with Gasteiger partial charge in [0, 0.05) is 26.2 Å². The number of piperazine rings is 1. The van der Waals surface area contributed by atoms with Crippen molar-refractivity contribution >= 4 is 32.6 Å². The number of carbonyl (C=O) groups is 1. The van der Waals surface area contributed by atoms with Gasteiger partial charge in [-0.3, -0.25) is 4.79 Å². The monoisotopic (exact) mass is 401 g/mol. The van der Waals surface area contributed by atoms with Crippen LogP contribution in [0, 0.1) is 5.82 Å². The molecule has 2 aromatic carbocycles. The predicted octanol–water partition coefficient (Wildman–Crippen LogP) is 3.17. The SMILES string of the molecule is COc1ccccc1OCC(=O)N1CCN(c2nc3ccc(F)cc3s2)CC1. The number of carbonyl (C=O) groups excluding carboxylic acids is 1. The van der Waals surface area contributed by atoms with E-state index in [1.807, 2.05) is 12.1 Å². The van der Waals surface area contributed by atoms with Crippen molar-refractivity contribution in [1.82, 2.24) is 9.88 Å². The largest absolute Gasteiger partial charge is 0.493 e. The maximum atomic E-state index is 13.4. The summed E-state index contributed by atoms with van der Waals surface area (Å²) in [5, 5.41) is 0.859. The fourth-order valence-electron chi connectivity index (χ4n) is 3.14. The average molecular weight is 401 g/mol. The Morgan fingerprint density at radius 2 is 1.89 bits per heavy atom. The zero-order valence-corrected chi connectivity index (χ0v) is 16.2. The van der Waals surface area contributed by atoms with Gasteiger partial charge in [0.25, 0.3) is 5.91 Å². The molecule has 0 N–H and O–H groups in total. The van der Waals surface area contributed by atoms with Crippen LogP contribution < -0.4 is 14.4 Å². The molecule has 0 spiro atoms. The van der Waals surface area contributed by atoms with Gasteiger partial charge in [0.05, 0.1) is 17.3 Å². The lowest BCUT2D eigenvalue weighted by Crippen LogP contribution is -2.50. The lowest BCUT2D eigenvalue weighted by Gasteiger charge is -2.34. The standard InChI is InChI=1S/C20H20FN3O3S/c1-26-16-4-2-3-5-17(16)27-13-19(25)23-8-10-24(11-9-23)20-22-15-7-6-14(21)12-18(15)28-20/h2-7,12H,8-11,13H2,1H3. The van der Waals surface area contributed by atoms with Crippen molar-refractivity contribution < 1.29 is 18.7 Å². The van der Waals surface area contributed by atoms with Crippen LogP contribution in [0.1, 0.15) is 0 Å². The Balaban J connectivity index is 1.33. The van der Waals surface area contributed by atoms with Crippen LogP contribution in [0.4, 0.5) is 9.52 Å². The smallest absolute Gasteiger partial charge is 0.260 e. The minimum Gasteiger partial charge on any atom is -0.493 e. The fraction of sp³-hybridized carbons (Fsp3) is 0.300. The van der Waals surface area contributed by atoms with Crippen molar-refractivity contribution in [3.05, 3.63) is 48.3 Å². The first kappa shape index (κ1) is 18.5. The fourth-order valence-corrected chi connectivity index (χ4v) is 4.18. The lowest BCUT2D eigenvalue weighted by molar-refractivity contribution is -0.133. The summed E-state index contributed by atoms with van der Waals surface area (Å²) in [6.07, 6.45) is 0. The summed E-state index contributed by atoms with van der Waals surface area (Å²) in [6.45, 7) is 2.53. The highest BCUT2D eigenvalue weighted by Crippen LogP contribution is 2.30. The molecule has 4 rings (SSSR count). The maximum absolute atomic E-state index is 13.4. The van der Waals surface area contributed by atoms with E-state index in [0.717, 1.165) is 15.3 Å². The number of ether oxygens (including phenoxy) is 2. The highest BCUT2D eigenvalue weighted by Gasteiger charge is 2.23. The molecule has 146 valence electrons. The first-order valence-electron chi connectivity index (χ1n) is 8.98. The van der Waals surface area contributed by atoms with Gasteiger partial charge in [-0.25, -0.2) is 9.37 Å². The number of hydrogen-bond donors (Lipinski definition) is 0. The Kier molecular flexibility index (Phi) is 5.29. The van der Waals surface area contributed by atoms with E-state index < -0.39 is 0 Å². The Bertz CT molecular complexity index is 986. The van der Waals surface area contributed by atoms with Crippen LogP contribution in [0.5, 0.6) is 11.5 Å². The second kappa shape index (κ2) is 8.02. The average Bonchev–Trinajstić information content (AvgIpc) is 3.15. The van der Waals surface area contributed by atoms with E-state index in [2.05, 4.69) is 9.88 Å². The normalized spacial score (nSPS) is 14.4. The molecule has 8 heteroatoms. The first-order valence-corrected chi connectivity index (χ1v) is 9.80. The van der Waals surface area contributed by atoms with Gasteiger partial charge >= 0.3 is 0 Å². The lowest BCUT2D eigenvalue weighted by atomic mass is 10.3. The first-order chi connectivity index (χ1) is 13.6. The molecule has 28 heavy (non-hydrogen) atoms. The molecule has 6 nitrogen and oxygen atoms in total. The third-order valence-corrected chi connectivity index (χ3v) is 5.74. The summed E-state index contributed by atoms with van der Waals surface area (Å²) >= 11 is 1.47. The highest BCUT2D eigenvalue weighted by molar-refractivity contribution is 7.22. The van der Waals surface area contributed by atoms with Crippen LogP contribution in [0.15, 0.2) is 42.5 Å². The number of nitrogens with zero attached hydrogens (tertiary/aromatic N) is 3. The van der Waals surface area contributed by atoms with Crippen molar-refractivity contribution in [2.24, 2.45) is 0 Å². The van der Waals surface area contributed by atoms with E-state index in [1.165, 1.54) is 23.5 Å². The Labute approximate surface area is 166 Å². The summed E-state index contributed by atoms with van der Waals surface area (Å²) < 4.78 is 25.1. The minimum absolute atomic E-state index is 0.0270. The van der Waals surface area contributed by atoms with E-state index in [4.69, 9.17) is 9.47 Å². The summed E-state index contributed by atoms with van der Waals surface area (Å²) in [7, 11) is 1.57. The molecule has 1 amide bonds. The zero-order chi connectivity index (χ0) is 19.5. The van der Waals surface area contributed by atoms with E-state index >= 15 is 0 Å². The molecule has 0 atom stereocenters. The van der Waals surface area contributed by atoms with Crippen LogP contribution >= 0.6 is 11.3 Å². The van der Waals surface area contributed by atoms with Gasteiger partial charge in [0.15, 0.2) is 23.2 Å². The van der Waals surface area contributed by atoms with Gasteiger partial charge in [-0.2, -0.15) is 0 Å². The molecule has 1 fully saturated rings. The molecule has 0 unspecified atom stereocenters. The molecule has 1 saturated heterocycles. The number of aromatic nitrogens is 1. The molecule has 1 aromatic heterocycles. The van der Waals surface area contributed by atoms with Crippen LogP contribution in [0.2, 0.25) is 0 Å². The highest BCUT2D eigenvalue weighted by atomic mass is 32.1. The Morgan fingerprint density at radius 3 is 2.64 bits per heavy atom. The number of amides is 1. The quantitative estimate of drug-likeness (QED) is 0.657. The number of benzene rings is 2. The van der Waals surface area contributed by atoms with Gasteiger partial charge in [-0.15, -0.1) is 0 Å². The predicted molar refractivity (Wildman–Crippen MR) is 107 cm³/mol. The third kappa shape index (κ3) is 3.87. The molecule has 2 heterocycles. The van der Waals surface area contributed by atoms with Crippen molar-refractivity contribution in [2.75, 3.05) is 44.8 Å². The number of fused-ring (bicyclic) bond motifs is 1. The molecular weight excluding hydrogens is 381 g/mol. The Hall–Kier alpha value is -2.87. The number of thiazole rings is 1. The molecule has 0 bridgehead atoms. The van der Waals surface area contributed by atoms with Gasteiger partial charge in [-0.05, 0) is 30.3 Å². The molecule has 1 aliphatic heterocycles. The molecule has 1 aliphatic rings. The van der Waals surface area contributed by atoms with Crippen molar-refractivity contribution in [1.29, 1.82) is 0 Å². The topological polar surface area (TPSA) is 54.9 Å². The van der Waals surface area contributed by atoms with Crippen molar-refractivity contribution in [3.8, 4) is 11.5 Å². The minimum atomic E-state index is -0.256. The maximum Gasteiger partial charge on any atom is 0.260 e. The van der Waals surface area contributed by atoms with Crippen LogP contribution in [-0.4, -0.2) is 55.7 Å².